The first-order valence-electron chi connectivity index (χ1n) is 14.4. The molecule has 0 atom stereocenters. The first-order chi connectivity index (χ1) is 20.5. The fourth-order valence-electron chi connectivity index (χ4n) is 4.70. The SMILES string of the molecule is CC=N/C=C(\C=C\CCC)c1cccc(C(=O)Nc2ccc(N3CCC(COc4cccc(C(=O)O)c4)CC3)nc2)c1. The lowest BCUT2D eigenvalue weighted by molar-refractivity contribution is 0.0696. The molecule has 2 aromatic carbocycles. The number of nitrogens with zero attached hydrogens (tertiary/aromatic N) is 3. The van der Waals surface area contributed by atoms with Gasteiger partial charge in [0.05, 0.1) is 24.1 Å². The van der Waals surface area contributed by atoms with Crippen molar-refractivity contribution < 1.29 is 19.4 Å². The Morgan fingerprint density at radius 1 is 1.07 bits per heavy atom. The predicted molar refractivity (Wildman–Crippen MR) is 169 cm³/mol. The number of carbonyl (C=O) groups is 2. The van der Waals surface area contributed by atoms with Gasteiger partial charge in [0.1, 0.15) is 11.6 Å². The number of aliphatic imine (C=N–C) groups is 1. The fraction of sp³-hybridized carbons (Fsp3) is 0.294. The van der Waals surface area contributed by atoms with E-state index < -0.39 is 5.97 Å². The number of anilines is 2. The Morgan fingerprint density at radius 2 is 1.83 bits per heavy atom. The van der Waals surface area contributed by atoms with E-state index in [1.54, 1.807) is 42.7 Å². The summed E-state index contributed by atoms with van der Waals surface area (Å²) in [5.41, 5.74) is 3.29. The summed E-state index contributed by atoms with van der Waals surface area (Å²) < 4.78 is 5.88. The summed E-state index contributed by atoms with van der Waals surface area (Å²) in [6, 6.07) is 17.9. The van der Waals surface area contributed by atoms with Crippen LogP contribution in [0, 0.1) is 5.92 Å². The van der Waals surface area contributed by atoms with Crippen LogP contribution in [0.3, 0.4) is 0 Å². The summed E-state index contributed by atoms with van der Waals surface area (Å²) in [5, 5.41) is 12.1. The van der Waals surface area contributed by atoms with Gasteiger partial charge < -0.3 is 20.1 Å². The maximum Gasteiger partial charge on any atom is 0.335 e. The highest BCUT2D eigenvalue weighted by Crippen LogP contribution is 2.25. The van der Waals surface area contributed by atoms with Gasteiger partial charge in [0.15, 0.2) is 0 Å². The van der Waals surface area contributed by atoms with Crippen molar-refractivity contribution >= 4 is 35.2 Å². The summed E-state index contributed by atoms with van der Waals surface area (Å²) in [5.74, 6) is 0.673. The normalized spacial score (nSPS) is 14.4. The second kappa shape index (κ2) is 15.3. The van der Waals surface area contributed by atoms with Crippen molar-refractivity contribution in [2.75, 3.05) is 29.9 Å². The van der Waals surface area contributed by atoms with Crippen LogP contribution >= 0.6 is 0 Å². The quantitative estimate of drug-likeness (QED) is 0.179. The number of carboxylic acid groups (broad SMARTS) is 1. The smallest absolute Gasteiger partial charge is 0.335 e. The van der Waals surface area contributed by atoms with Gasteiger partial charge in [-0.15, -0.1) is 0 Å². The number of carbonyl (C=O) groups excluding carboxylic acids is 1. The van der Waals surface area contributed by atoms with Crippen molar-refractivity contribution in [3.8, 4) is 5.75 Å². The van der Waals surface area contributed by atoms with Crippen LogP contribution in [0.15, 0.2) is 90.2 Å². The van der Waals surface area contributed by atoms with Crippen LogP contribution in [-0.2, 0) is 0 Å². The van der Waals surface area contributed by atoms with Gasteiger partial charge in [-0.05, 0) is 85.7 Å². The van der Waals surface area contributed by atoms with Crippen LogP contribution in [-0.4, -0.2) is 47.9 Å². The Bertz CT molecular complexity index is 1440. The van der Waals surface area contributed by atoms with Crippen molar-refractivity contribution in [1.82, 2.24) is 4.98 Å². The number of aromatic carboxylic acids is 1. The highest BCUT2D eigenvalue weighted by atomic mass is 16.5. The molecule has 2 heterocycles. The number of nitrogens with one attached hydrogen (secondary N) is 1. The lowest BCUT2D eigenvalue weighted by Gasteiger charge is -2.32. The van der Waals surface area contributed by atoms with Gasteiger partial charge in [-0.2, -0.15) is 0 Å². The third-order valence-corrected chi connectivity index (χ3v) is 7.08. The summed E-state index contributed by atoms with van der Waals surface area (Å²) in [4.78, 5) is 35.3. The second-order valence-corrected chi connectivity index (χ2v) is 10.2. The van der Waals surface area contributed by atoms with Gasteiger partial charge in [-0.25, -0.2) is 9.78 Å². The van der Waals surface area contributed by atoms with Crippen molar-refractivity contribution in [3.63, 3.8) is 0 Å². The zero-order valence-corrected chi connectivity index (χ0v) is 24.2. The highest BCUT2D eigenvalue weighted by molar-refractivity contribution is 6.04. The molecule has 3 aromatic rings. The monoisotopic (exact) mass is 566 g/mol. The Kier molecular flexibility index (Phi) is 11.0. The molecule has 0 spiro atoms. The molecule has 1 aliphatic rings. The molecule has 2 N–H and O–H groups in total. The molecule has 0 aliphatic carbocycles. The van der Waals surface area contributed by atoms with E-state index in [-0.39, 0.29) is 11.5 Å². The zero-order valence-electron chi connectivity index (χ0n) is 24.2. The van der Waals surface area contributed by atoms with E-state index in [9.17, 15) is 9.59 Å². The average Bonchev–Trinajstić information content (AvgIpc) is 3.02. The van der Waals surface area contributed by atoms with Crippen LogP contribution < -0.4 is 15.0 Å². The van der Waals surface area contributed by atoms with Crippen molar-refractivity contribution in [2.45, 2.75) is 39.5 Å². The Labute approximate surface area is 247 Å². The predicted octanol–water partition coefficient (Wildman–Crippen LogP) is 7.12. The second-order valence-electron chi connectivity index (χ2n) is 10.2. The molecule has 1 aromatic heterocycles. The van der Waals surface area contributed by atoms with E-state index >= 15 is 0 Å². The van der Waals surface area contributed by atoms with Gasteiger partial charge in [-0.3, -0.25) is 9.79 Å². The number of carboxylic acids is 1. The Hall–Kier alpha value is -4.72. The third kappa shape index (κ3) is 8.64. The minimum Gasteiger partial charge on any atom is -0.493 e. The number of piperidine rings is 1. The number of amides is 1. The number of aromatic nitrogens is 1. The number of benzene rings is 2. The molecule has 8 nitrogen and oxygen atoms in total. The molecular formula is C34H38N4O4. The summed E-state index contributed by atoms with van der Waals surface area (Å²) >= 11 is 0. The molecule has 1 saturated heterocycles. The number of rotatable bonds is 12. The lowest BCUT2D eigenvalue weighted by atomic mass is 9.98. The number of pyridine rings is 1. The standard InChI is InChI=1S/C34H38N4O4/c1-3-5-6-9-29(22-35-4-2)26-10-7-11-27(20-26)33(39)37-30-14-15-32(36-23-30)38-18-16-25(17-19-38)24-42-31-13-8-12-28(21-31)34(40)41/h4,6-15,20-23,25H,3,5,16-19,24H2,1-2H3,(H,37,39)(H,40,41)/b9-6+,29-22+,35-4?. The van der Waals surface area contributed by atoms with E-state index in [2.05, 4.69) is 33.2 Å². The average molecular weight is 567 g/mol. The third-order valence-electron chi connectivity index (χ3n) is 7.08. The minimum atomic E-state index is -0.962. The highest BCUT2D eigenvalue weighted by Gasteiger charge is 2.21. The number of ether oxygens (including phenoxy) is 1. The van der Waals surface area contributed by atoms with E-state index in [1.807, 2.05) is 49.5 Å². The van der Waals surface area contributed by atoms with Crippen LogP contribution in [0.25, 0.3) is 5.57 Å². The molecule has 42 heavy (non-hydrogen) atoms. The van der Waals surface area contributed by atoms with Crippen molar-refractivity contribution in [2.24, 2.45) is 10.9 Å². The van der Waals surface area contributed by atoms with Crippen LogP contribution in [0.2, 0.25) is 0 Å². The lowest BCUT2D eigenvalue weighted by Crippen LogP contribution is -2.36. The number of unbranched alkanes of at least 4 members (excludes halogenated alkanes) is 1. The first kappa shape index (κ1) is 30.2. The molecule has 0 unspecified atom stereocenters. The van der Waals surface area contributed by atoms with Gasteiger partial charge >= 0.3 is 5.97 Å². The fourth-order valence-corrected chi connectivity index (χ4v) is 4.70. The van der Waals surface area contributed by atoms with Crippen LogP contribution in [0.4, 0.5) is 11.5 Å². The zero-order chi connectivity index (χ0) is 29.7. The van der Waals surface area contributed by atoms with E-state index in [4.69, 9.17) is 9.84 Å². The van der Waals surface area contributed by atoms with Crippen molar-refractivity contribution in [1.29, 1.82) is 0 Å². The Morgan fingerprint density at radius 3 is 2.55 bits per heavy atom. The molecule has 4 rings (SSSR count). The first-order valence-corrected chi connectivity index (χ1v) is 14.4. The molecule has 218 valence electrons. The molecule has 1 fully saturated rings. The maximum absolute atomic E-state index is 13.0. The summed E-state index contributed by atoms with van der Waals surface area (Å²) in [7, 11) is 0. The molecule has 0 radical (unpaired) electrons. The maximum atomic E-state index is 13.0. The van der Waals surface area contributed by atoms with E-state index in [0.29, 0.717) is 29.5 Å². The van der Waals surface area contributed by atoms with Gasteiger partial charge in [0.25, 0.3) is 5.91 Å². The summed E-state index contributed by atoms with van der Waals surface area (Å²) in [6.07, 6.45) is 13.3. The van der Waals surface area contributed by atoms with Gasteiger partial charge in [0, 0.05) is 31.1 Å². The number of hydrogen-bond donors (Lipinski definition) is 2. The molecule has 1 amide bonds. The van der Waals surface area contributed by atoms with Gasteiger partial charge in [0.2, 0.25) is 0 Å². The van der Waals surface area contributed by atoms with Crippen LogP contribution in [0.5, 0.6) is 5.75 Å². The molecular weight excluding hydrogens is 528 g/mol. The molecule has 1 aliphatic heterocycles. The van der Waals surface area contributed by atoms with E-state index in [1.165, 1.54) is 0 Å². The molecule has 0 saturated carbocycles. The molecule has 8 heteroatoms. The summed E-state index contributed by atoms with van der Waals surface area (Å²) in [6.45, 7) is 6.25. The number of hydrogen-bond acceptors (Lipinski definition) is 6. The largest absolute Gasteiger partial charge is 0.493 e. The van der Waals surface area contributed by atoms with Gasteiger partial charge in [-0.1, -0.05) is 43.7 Å². The minimum absolute atomic E-state index is 0.197. The van der Waals surface area contributed by atoms with E-state index in [0.717, 1.165) is 55.7 Å². The topological polar surface area (TPSA) is 104 Å². The number of allylic oxidation sites excluding steroid dienone is 3. The van der Waals surface area contributed by atoms with Crippen molar-refractivity contribution in [3.05, 3.63) is 102 Å². The molecule has 0 bridgehead atoms. The van der Waals surface area contributed by atoms with Crippen LogP contribution in [0.1, 0.15) is 65.8 Å². The Balaban J connectivity index is 1.30.